The third-order valence-corrected chi connectivity index (χ3v) is 3.68. The SMILES string of the molecule is COC1CN(c2cc(NN)nc(C(C)(C)C)n2)CC1OC. The van der Waals surface area contributed by atoms with Crippen molar-refractivity contribution in [2.45, 2.75) is 38.4 Å². The largest absolute Gasteiger partial charge is 0.377 e. The number of hydrogen-bond donors (Lipinski definition) is 2. The Labute approximate surface area is 125 Å². The first-order chi connectivity index (χ1) is 9.88. The van der Waals surface area contributed by atoms with Gasteiger partial charge in [-0.15, -0.1) is 0 Å². The number of nitrogens with two attached hydrogens (primary N) is 1. The van der Waals surface area contributed by atoms with Gasteiger partial charge in [0.05, 0.1) is 0 Å². The van der Waals surface area contributed by atoms with Crippen molar-refractivity contribution in [2.24, 2.45) is 5.84 Å². The van der Waals surface area contributed by atoms with Crippen molar-refractivity contribution in [3.63, 3.8) is 0 Å². The molecular weight excluding hydrogens is 270 g/mol. The van der Waals surface area contributed by atoms with E-state index in [-0.39, 0.29) is 17.6 Å². The van der Waals surface area contributed by atoms with Gasteiger partial charge >= 0.3 is 0 Å². The van der Waals surface area contributed by atoms with Crippen molar-refractivity contribution in [2.75, 3.05) is 37.6 Å². The van der Waals surface area contributed by atoms with E-state index in [1.165, 1.54) is 0 Å². The predicted molar refractivity (Wildman–Crippen MR) is 82.3 cm³/mol. The summed E-state index contributed by atoms with van der Waals surface area (Å²) in [7, 11) is 3.40. The number of nitrogens with one attached hydrogen (secondary N) is 1. The minimum atomic E-state index is -0.150. The zero-order valence-corrected chi connectivity index (χ0v) is 13.4. The second-order valence-electron chi connectivity index (χ2n) is 6.28. The summed E-state index contributed by atoms with van der Waals surface area (Å²) in [6.45, 7) is 7.70. The summed E-state index contributed by atoms with van der Waals surface area (Å²) < 4.78 is 10.9. The monoisotopic (exact) mass is 295 g/mol. The summed E-state index contributed by atoms with van der Waals surface area (Å²) in [5.74, 6) is 7.73. The van der Waals surface area contributed by atoms with Crippen molar-refractivity contribution in [3.05, 3.63) is 11.9 Å². The molecule has 1 aromatic rings. The summed E-state index contributed by atoms with van der Waals surface area (Å²) in [6, 6.07) is 1.85. The van der Waals surface area contributed by atoms with Crippen LogP contribution in [0.1, 0.15) is 26.6 Å². The van der Waals surface area contributed by atoms with E-state index >= 15 is 0 Å². The Bertz CT molecular complexity index is 477. The number of nitrogen functional groups attached to an aromatic ring is 1. The van der Waals surface area contributed by atoms with Gasteiger partial charge in [0.1, 0.15) is 29.7 Å². The molecule has 2 unspecified atom stereocenters. The van der Waals surface area contributed by atoms with Crippen LogP contribution in [0.5, 0.6) is 0 Å². The van der Waals surface area contributed by atoms with Crippen molar-refractivity contribution < 1.29 is 9.47 Å². The van der Waals surface area contributed by atoms with E-state index in [0.717, 1.165) is 24.7 Å². The van der Waals surface area contributed by atoms with Crippen LogP contribution >= 0.6 is 0 Å². The predicted octanol–water partition coefficient (Wildman–Crippen LogP) is 0.910. The highest BCUT2D eigenvalue weighted by molar-refractivity contribution is 5.50. The van der Waals surface area contributed by atoms with Crippen LogP contribution < -0.4 is 16.2 Å². The number of hydrazine groups is 1. The fourth-order valence-electron chi connectivity index (χ4n) is 2.39. The Kier molecular flexibility index (Phi) is 4.65. The lowest BCUT2D eigenvalue weighted by Gasteiger charge is -2.22. The number of aromatic nitrogens is 2. The molecule has 118 valence electrons. The second-order valence-corrected chi connectivity index (χ2v) is 6.28. The molecule has 0 bridgehead atoms. The molecule has 0 spiro atoms. The van der Waals surface area contributed by atoms with Crippen molar-refractivity contribution in [1.29, 1.82) is 0 Å². The molecule has 1 aliphatic heterocycles. The fourth-order valence-corrected chi connectivity index (χ4v) is 2.39. The van der Waals surface area contributed by atoms with Gasteiger partial charge in [-0.05, 0) is 0 Å². The van der Waals surface area contributed by atoms with E-state index in [9.17, 15) is 0 Å². The maximum Gasteiger partial charge on any atom is 0.145 e. The molecule has 0 aliphatic carbocycles. The van der Waals surface area contributed by atoms with Crippen LogP contribution in [-0.4, -0.2) is 49.5 Å². The number of ether oxygens (including phenoxy) is 2. The molecule has 7 nitrogen and oxygen atoms in total. The lowest BCUT2D eigenvalue weighted by atomic mass is 9.96. The first-order valence-electron chi connectivity index (χ1n) is 7.05. The van der Waals surface area contributed by atoms with Crippen molar-refractivity contribution >= 4 is 11.6 Å². The van der Waals surface area contributed by atoms with E-state index in [1.807, 2.05) is 6.07 Å². The molecule has 1 fully saturated rings. The quantitative estimate of drug-likeness (QED) is 0.630. The molecular formula is C14H25N5O2. The van der Waals surface area contributed by atoms with Crippen LogP contribution in [0, 0.1) is 0 Å². The molecule has 0 saturated carbocycles. The van der Waals surface area contributed by atoms with Gasteiger partial charge in [-0.2, -0.15) is 0 Å². The normalized spacial score (nSPS) is 22.7. The third kappa shape index (κ3) is 3.42. The van der Waals surface area contributed by atoms with E-state index in [2.05, 4.69) is 41.1 Å². The summed E-state index contributed by atoms with van der Waals surface area (Å²) in [4.78, 5) is 11.3. The molecule has 7 heteroatoms. The molecule has 0 aromatic carbocycles. The number of nitrogens with zero attached hydrogens (tertiary/aromatic N) is 3. The van der Waals surface area contributed by atoms with Crippen molar-refractivity contribution in [3.8, 4) is 0 Å². The fraction of sp³-hybridized carbons (Fsp3) is 0.714. The van der Waals surface area contributed by atoms with Crippen molar-refractivity contribution in [1.82, 2.24) is 9.97 Å². The Morgan fingerprint density at radius 3 is 2.19 bits per heavy atom. The molecule has 1 aliphatic rings. The van der Waals surface area contributed by atoms with E-state index in [0.29, 0.717) is 5.82 Å². The minimum absolute atomic E-state index is 0.0392. The molecule has 2 atom stereocenters. The average molecular weight is 295 g/mol. The molecule has 21 heavy (non-hydrogen) atoms. The van der Waals surface area contributed by atoms with Gasteiger partial charge in [0.2, 0.25) is 0 Å². The molecule has 3 N–H and O–H groups in total. The highest BCUT2D eigenvalue weighted by Gasteiger charge is 2.34. The maximum atomic E-state index is 5.53. The Hall–Kier alpha value is -1.44. The summed E-state index contributed by atoms with van der Waals surface area (Å²) in [5, 5.41) is 0. The molecule has 2 heterocycles. The van der Waals surface area contributed by atoms with Crippen LogP contribution in [0.3, 0.4) is 0 Å². The summed E-state index contributed by atoms with van der Waals surface area (Å²) >= 11 is 0. The third-order valence-electron chi connectivity index (χ3n) is 3.68. The van der Waals surface area contributed by atoms with Gasteiger partial charge < -0.3 is 19.8 Å². The van der Waals surface area contributed by atoms with Gasteiger partial charge in [-0.25, -0.2) is 15.8 Å². The van der Waals surface area contributed by atoms with E-state index in [1.54, 1.807) is 14.2 Å². The smallest absolute Gasteiger partial charge is 0.145 e. The van der Waals surface area contributed by atoms with Crippen LogP contribution in [0.4, 0.5) is 11.6 Å². The summed E-state index contributed by atoms with van der Waals surface area (Å²) in [6.07, 6.45) is 0.0784. The van der Waals surface area contributed by atoms with Gasteiger partial charge in [-0.1, -0.05) is 20.8 Å². The zero-order valence-electron chi connectivity index (χ0n) is 13.4. The Morgan fingerprint density at radius 1 is 1.19 bits per heavy atom. The maximum absolute atomic E-state index is 5.53. The van der Waals surface area contributed by atoms with Gasteiger partial charge in [0.25, 0.3) is 0 Å². The van der Waals surface area contributed by atoms with Gasteiger partial charge in [0.15, 0.2) is 0 Å². The summed E-state index contributed by atoms with van der Waals surface area (Å²) in [5.41, 5.74) is 2.46. The van der Waals surface area contributed by atoms with E-state index in [4.69, 9.17) is 15.3 Å². The van der Waals surface area contributed by atoms with Crippen LogP contribution in [0.15, 0.2) is 6.07 Å². The number of rotatable bonds is 4. The topological polar surface area (TPSA) is 85.5 Å². The lowest BCUT2D eigenvalue weighted by Crippen LogP contribution is -2.27. The van der Waals surface area contributed by atoms with Gasteiger partial charge in [-0.3, -0.25) is 0 Å². The number of methoxy groups -OCH3 is 2. The highest BCUT2D eigenvalue weighted by atomic mass is 16.5. The van der Waals surface area contributed by atoms with Crippen LogP contribution in [-0.2, 0) is 14.9 Å². The van der Waals surface area contributed by atoms with E-state index < -0.39 is 0 Å². The Balaban J connectivity index is 2.31. The average Bonchev–Trinajstić information content (AvgIpc) is 2.89. The molecule has 1 saturated heterocycles. The molecule has 0 amide bonds. The highest BCUT2D eigenvalue weighted by Crippen LogP contribution is 2.27. The standard InChI is InChI=1S/C14H25N5O2/c1-14(2,3)13-16-11(18-15)6-12(17-13)19-7-9(20-4)10(8-19)21-5/h6,9-10H,7-8,15H2,1-5H3,(H,16,17,18). The lowest BCUT2D eigenvalue weighted by molar-refractivity contribution is -0.00461. The Morgan fingerprint density at radius 2 is 1.76 bits per heavy atom. The minimum Gasteiger partial charge on any atom is -0.377 e. The second kappa shape index (κ2) is 6.13. The van der Waals surface area contributed by atoms with Gasteiger partial charge in [0, 0.05) is 38.8 Å². The number of anilines is 2. The van der Waals surface area contributed by atoms with Crippen LogP contribution in [0.25, 0.3) is 0 Å². The van der Waals surface area contributed by atoms with Crippen LogP contribution in [0.2, 0.25) is 0 Å². The molecule has 2 rings (SSSR count). The first kappa shape index (κ1) is 15.9. The molecule has 0 radical (unpaired) electrons. The zero-order chi connectivity index (χ0) is 15.6. The number of hydrogen-bond acceptors (Lipinski definition) is 7. The molecule has 1 aromatic heterocycles. The first-order valence-corrected chi connectivity index (χ1v) is 7.05.